The number of pyridine rings is 1. The number of carbonyl (C=O) groups excluding carboxylic acids is 2. The van der Waals surface area contributed by atoms with Gasteiger partial charge in [-0.15, -0.1) is 0 Å². The van der Waals surface area contributed by atoms with Crippen molar-refractivity contribution in [3.8, 4) is 34.1 Å². The molecule has 8 nitrogen and oxygen atoms in total. The SMILES string of the molecule is Cc1ccc(-c2cccc(C(=O)NC(Cc3ccc(-c4noc(-c5ccc(C)cc5)n4)c(F)c3)OC=O)n2)cc1. The number of ether oxygens (including phenoxy) is 1. The number of nitrogens with zero attached hydrogens (tertiary/aromatic N) is 3. The highest BCUT2D eigenvalue weighted by Crippen LogP contribution is 2.25. The molecular weight excluding hydrogens is 511 g/mol. The highest BCUT2D eigenvalue weighted by Gasteiger charge is 2.19. The third-order valence-electron chi connectivity index (χ3n) is 6.26. The highest BCUT2D eigenvalue weighted by atomic mass is 19.1. The minimum atomic E-state index is -1.04. The number of nitrogens with one attached hydrogen (secondary N) is 1. The van der Waals surface area contributed by atoms with Crippen molar-refractivity contribution in [1.29, 1.82) is 0 Å². The molecule has 0 saturated heterocycles. The van der Waals surface area contributed by atoms with E-state index >= 15 is 4.39 Å². The molecule has 2 heterocycles. The van der Waals surface area contributed by atoms with Crippen molar-refractivity contribution in [2.24, 2.45) is 0 Å². The van der Waals surface area contributed by atoms with Crippen LogP contribution in [-0.2, 0) is 16.0 Å². The molecule has 5 rings (SSSR count). The van der Waals surface area contributed by atoms with Crippen molar-refractivity contribution in [2.45, 2.75) is 26.5 Å². The molecule has 3 aromatic carbocycles. The Kier molecular flexibility index (Phi) is 7.72. The predicted octanol–water partition coefficient (Wildman–Crippen LogP) is 5.69. The maximum atomic E-state index is 15.1. The minimum absolute atomic E-state index is 0.0280. The average Bonchev–Trinajstić information content (AvgIpc) is 3.44. The molecule has 1 atom stereocenters. The van der Waals surface area contributed by atoms with Crippen molar-refractivity contribution < 1.29 is 23.2 Å². The van der Waals surface area contributed by atoms with Gasteiger partial charge < -0.3 is 14.6 Å². The molecular formula is C31H25FN4O4. The Labute approximate surface area is 229 Å². The van der Waals surface area contributed by atoms with Gasteiger partial charge in [0.05, 0.1) is 11.3 Å². The summed E-state index contributed by atoms with van der Waals surface area (Å²) >= 11 is 0. The van der Waals surface area contributed by atoms with E-state index in [9.17, 15) is 9.59 Å². The molecule has 200 valence electrons. The van der Waals surface area contributed by atoms with E-state index in [1.165, 1.54) is 12.1 Å². The van der Waals surface area contributed by atoms with Crippen LogP contribution in [0.15, 0.2) is 89.5 Å². The molecule has 5 aromatic rings. The Morgan fingerprint density at radius 3 is 2.33 bits per heavy atom. The number of carbonyl (C=O) groups is 2. The van der Waals surface area contributed by atoms with Crippen LogP contribution in [0.1, 0.15) is 27.2 Å². The molecule has 2 aromatic heterocycles. The van der Waals surface area contributed by atoms with Gasteiger partial charge in [-0.05, 0) is 55.8 Å². The lowest BCUT2D eigenvalue weighted by Crippen LogP contribution is -2.38. The Bertz CT molecular complexity index is 1650. The number of hydrogen-bond acceptors (Lipinski definition) is 7. The van der Waals surface area contributed by atoms with Gasteiger partial charge >= 0.3 is 0 Å². The molecule has 0 saturated carbocycles. The first-order valence-electron chi connectivity index (χ1n) is 12.5. The van der Waals surface area contributed by atoms with E-state index in [0.29, 0.717) is 11.3 Å². The molecule has 0 aliphatic rings. The van der Waals surface area contributed by atoms with Crippen molar-refractivity contribution in [1.82, 2.24) is 20.4 Å². The number of halogens is 1. The minimum Gasteiger partial charge on any atom is -0.444 e. The van der Waals surface area contributed by atoms with Crippen LogP contribution in [0.4, 0.5) is 4.39 Å². The summed E-state index contributed by atoms with van der Waals surface area (Å²) in [5, 5.41) is 6.56. The summed E-state index contributed by atoms with van der Waals surface area (Å²) in [6.45, 7) is 4.19. The maximum absolute atomic E-state index is 15.1. The summed E-state index contributed by atoms with van der Waals surface area (Å²) in [6.07, 6.45) is -1.02. The van der Waals surface area contributed by atoms with Crippen LogP contribution < -0.4 is 5.32 Å². The van der Waals surface area contributed by atoms with Crippen LogP contribution in [0.25, 0.3) is 34.1 Å². The van der Waals surface area contributed by atoms with Crippen LogP contribution in [-0.4, -0.2) is 33.7 Å². The number of amides is 1. The van der Waals surface area contributed by atoms with E-state index in [4.69, 9.17) is 9.26 Å². The third-order valence-corrected chi connectivity index (χ3v) is 6.26. The fourth-order valence-electron chi connectivity index (χ4n) is 4.09. The van der Waals surface area contributed by atoms with E-state index in [-0.39, 0.29) is 35.9 Å². The molecule has 0 fully saturated rings. The average molecular weight is 537 g/mol. The van der Waals surface area contributed by atoms with Gasteiger partial charge in [-0.25, -0.2) is 9.37 Å². The molecule has 0 aliphatic carbocycles. The van der Waals surface area contributed by atoms with Crippen molar-refractivity contribution in [2.75, 3.05) is 0 Å². The van der Waals surface area contributed by atoms with Gasteiger partial charge in [0.1, 0.15) is 11.5 Å². The largest absolute Gasteiger partial charge is 0.444 e. The molecule has 0 bridgehead atoms. The zero-order valence-corrected chi connectivity index (χ0v) is 21.8. The van der Waals surface area contributed by atoms with E-state index in [2.05, 4.69) is 20.4 Å². The normalized spacial score (nSPS) is 11.6. The molecule has 0 spiro atoms. The summed E-state index contributed by atoms with van der Waals surface area (Å²) in [7, 11) is 0. The second kappa shape index (κ2) is 11.7. The fraction of sp³-hybridized carbons (Fsp3) is 0.129. The predicted molar refractivity (Wildman–Crippen MR) is 146 cm³/mol. The summed E-state index contributed by atoms with van der Waals surface area (Å²) in [5.74, 6) is -0.736. The highest BCUT2D eigenvalue weighted by molar-refractivity contribution is 5.93. The second-order valence-corrected chi connectivity index (χ2v) is 9.28. The molecule has 1 amide bonds. The van der Waals surface area contributed by atoms with E-state index in [1.54, 1.807) is 24.3 Å². The Hall–Kier alpha value is -5.18. The van der Waals surface area contributed by atoms with Gasteiger partial charge in [0.15, 0.2) is 6.23 Å². The quantitative estimate of drug-likeness (QED) is 0.190. The van der Waals surface area contributed by atoms with E-state index in [1.807, 2.05) is 62.4 Å². The zero-order chi connectivity index (χ0) is 28.1. The van der Waals surface area contributed by atoms with Crippen LogP contribution >= 0.6 is 0 Å². The first-order chi connectivity index (χ1) is 19.4. The maximum Gasteiger partial charge on any atom is 0.295 e. The number of aryl methyl sites for hydroxylation is 2. The lowest BCUT2D eigenvalue weighted by molar-refractivity contribution is -0.134. The monoisotopic (exact) mass is 536 g/mol. The summed E-state index contributed by atoms with van der Waals surface area (Å²) < 4.78 is 25.5. The van der Waals surface area contributed by atoms with Gasteiger partial charge in [0.25, 0.3) is 18.3 Å². The topological polar surface area (TPSA) is 107 Å². The van der Waals surface area contributed by atoms with Gasteiger partial charge in [-0.3, -0.25) is 9.59 Å². The smallest absolute Gasteiger partial charge is 0.295 e. The Morgan fingerprint density at radius 2 is 1.65 bits per heavy atom. The molecule has 40 heavy (non-hydrogen) atoms. The number of rotatable bonds is 9. The van der Waals surface area contributed by atoms with Crippen molar-refractivity contribution in [3.05, 3.63) is 113 Å². The molecule has 0 aliphatic heterocycles. The van der Waals surface area contributed by atoms with Gasteiger partial charge in [0.2, 0.25) is 5.82 Å². The standard InChI is InChI=1S/C31H25FN4O4/c1-19-6-11-22(12-7-19)26-4-3-5-27(33-26)30(38)34-28(39-18-37)17-21-10-15-24(25(32)16-21)29-35-31(40-36-29)23-13-8-20(2)9-14-23/h3-16,18,28H,17H2,1-2H3,(H,34,38). The molecule has 1 N–H and O–H groups in total. The molecule has 0 radical (unpaired) electrons. The second-order valence-electron chi connectivity index (χ2n) is 9.28. The zero-order valence-electron chi connectivity index (χ0n) is 21.8. The Balaban J connectivity index is 1.29. The van der Waals surface area contributed by atoms with E-state index in [0.717, 1.165) is 22.3 Å². The lowest BCUT2D eigenvalue weighted by atomic mass is 10.1. The molecule has 9 heteroatoms. The van der Waals surface area contributed by atoms with Crippen molar-refractivity contribution in [3.63, 3.8) is 0 Å². The first kappa shape index (κ1) is 26.4. The van der Waals surface area contributed by atoms with E-state index < -0.39 is 18.0 Å². The lowest BCUT2D eigenvalue weighted by Gasteiger charge is -2.17. The van der Waals surface area contributed by atoms with Crippen LogP contribution in [0.3, 0.4) is 0 Å². The first-order valence-corrected chi connectivity index (χ1v) is 12.5. The number of aromatic nitrogens is 3. The number of benzene rings is 3. The van der Waals surface area contributed by atoms with Crippen molar-refractivity contribution >= 4 is 12.4 Å². The number of hydrogen-bond donors (Lipinski definition) is 1. The fourth-order valence-corrected chi connectivity index (χ4v) is 4.09. The van der Waals surface area contributed by atoms with Gasteiger partial charge in [0, 0.05) is 17.5 Å². The van der Waals surface area contributed by atoms with Crippen LogP contribution in [0.2, 0.25) is 0 Å². The van der Waals surface area contributed by atoms with Crippen LogP contribution in [0.5, 0.6) is 0 Å². The summed E-state index contributed by atoms with van der Waals surface area (Å²) in [5.41, 5.74) is 5.21. The van der Waals surface area contributed by atoms with Crippen LogP contribution in [0, 0.1) is 19.7 Å². The summed E-state index contributed by atoms with van der Waals surface area (Å²) in [6, 6.07) is 24.8. The molecule has 1 unspecified atom stereocenters. The Morgan fingerprint density at radius 1 is 0.950 bits per heavy atom. The third kappa shape index (κ3) is 6.10. The van der Waals surface area contributed by atoms with Gasteiger partial charge in [-0.2, -0.15) is 4.98 Å². The van der Waals surface area contributed by atoms with Gasteiger partial charge in [-0.1, -0.05) is 64.8 Å². The summed E-state index contributed by atoms with van der Waals surface area (Å²) in [4.78, 5) is 32.8.